The third kappa shape index (κ3) is 6.87. The maximum atomic E-state index is 12.7. The molecule has 1 aliphatic rings. The van der Waals surface area contributed by atoms with E-state index >= 15 is 0 Å². The van der Waals surface area contributed by atoms with Crippen LogP contribution in [-0.4, -0.2) is 16.7 Å². The molecule has 0 amide bonds. The van der Waals surface area contributed by atoms with Gasteiger partial charge in [-0.05, 0) is 49.1 Å². The summed E-state index contributed by atoms with van der Waals surface area (Å²) >= 11 is 0. The van der Waals surface area contributed by atoms with Gasteiger partial charge in [-0.25, -0.2) is 0 Å². The zero-order chi connectivity index (χ0) is 23.6. The summed E-state index contributed by atoms with van der Waals surface area (Å²) < 4.78 is 11.0. The molecule has 0 radical (unpaired) electrons. The number of carbonyl (C=O) groups is 2. The van der Waals surface area contributed by atoms with Gasteiger partial charge in [-0.15, -0.1) is 6.58 Å². The molecule has 0 unspecified atom stereocenters. The number of hydrogen-bond acceptors (Lipinski definition) is 6. The number of ether oxygens (including phenoxy) is 2. The first kappa shape index (κ1) is 23.9. The Morgan fingerprint density at radius 2 is 1.82 bits per heavy atom. The summed E-state index contributed by atoms with van der Waals surface area (Å²) in [7, 11) is 0. The van der Waals surface area contributed by atoms with Gasteiger partial charge >= 0.3 is 5.97 Å². The molecule has 7 nitrogen and oxygen atoms in total. The summed E-state index contributed by atoms with van der Waals surface area (Å²) in [6, 6.07) is 10.6. The third-order valence-corrected chi connectivity index (χ3v) is 5.29. The van der Waals surface area contributed by atoms with Gasteiger partial charge in [-0.1, -0.05) is 43.9 Å². The second-order valence-electron chi connectivity index (χ2n) is 7.87. The van der Waals surface area contributed by atoms with E-state index in [1.54, 1.807) is 18.2 Å². The number of carbonyl (C=O) groups excluding carboxylic acids is 2. The Balaban J connectivity index is 1.52. The van der Waals surface area contributed by atoms with Crippen LogP contribution < -0.4 is 9.47 Å². The van der Waals surface area contributed by atoms with Gasteiger partial charge in [0.15, 0.2) is 5.76 Å². The van der Waals surface area contributed by atoms with Crippen molar-refractivity contribution < 1.29 is 24.0 Å². The minimum absolute atomic E-state index is 0.0575. The number of rotatable bonds is 12. The number of ketones is 1. The molecule has 0 saturated heterocycles. The molecular formula is C26H27NO6. The van der Waals surface area contributed by atoms with Crippen LogP contribution in [0.15, 0.2) is 60.9 Å². The molecule has 3 rings (SSSR count). The van der Waals surface area contributed by atoms with Crippen LogP contribution in [0, 0.1) is 10.1 Å². The molecule has 33 heavy (non-hydrogen) atoms. The zero-order valence-electron chi connectivity index (χ0n) is 18.5. The lowest BCUT2D eigenvalue weighted by molar-refractivity contribution is -0.384. The Labute approximate surface area is 192 Å². The van der Waals surface area contributed by atoms with Crippen molar-refractivity contribution in [3.63, 3.8) is 0 Å². The van der Waals surface area contributed by atoms with Crippen molar-refractivity contribution in [1.82, 2.24) is 0 Å². The molecule has 0 aliphatic carbocycles. The first-order valence-corrected chi connectivity index (χ1v) is 11.1. The van der Waals surface area contributed by atoms with Gasteiger partial charge in [-0.2, -0.15) is 0 Å². The van der Waals surface area contributed by atoms with Gasteiger partial charge in [0.2, 0.25) is 5.78 Å². The normalized spacial score (nSPS) is 13.5. The molecule has 0 bridgehead atoms. The number of hydrogen-bond donors (Lipinski definition) is 0. The van der Waals surface area contributed by atoms with Crippen LogP contribution in [0.2, 0.25) is 0 Å². The van der Waals surface area contributed by atoms with Crippen molar-refractivity contribution >= 4 is 23.5 Å². The Kier molecular flexibility index (Phi) is 8.52. The number of Topliss-reactive ketones (excluding diaryl/α,β-unsaturated/α-hetero) is 1. The molecule has 0 saturated carbocycles. The monoisotopic (exact) mass is 449 g/mol. The number of non-ortho nitro benzene ring substituents is 1. The Bertz CT molecular complexity index is 1070. The first-order valence-electron chi connectivity index (χ1n) is 11.1. The average molecular weight is 450 g/mol. The van der Waals surface area contributed by atoms with E-state index in [4.69, 9.17) is 9.47 Å². The molecule has 0 fully saturated rings. The Hall–Kier alpha value is -3.74. The van der Waals surface area contributed by atoms with Crippen molar-refractivity contribution in [3.8, 4) is 11.5 Å². The molecular weight excluding hydrogens is 422 g/mol. The van der Waals surface area contributed by atoms with E-state index in [2.05, 4.69) is 6.58 Å². The van der Waals surface area contributed by atoms with E-state index < -0.39 is 4.92 Å². The van der Waals surface area contributed by atoms with Gasteiger partial charge < -0.3 is 9.47 Å². The third-order valence-electron chi connectivity index (χ3n) is 5.29. The highest BCUT2D eigenvalue weighted by Gasteiger charge is 2.28. The topological polar surface area (TPSA) is 95.7 Å². The quantitative estimate of drug-likeness (QED) is 0.0705. The highest BCUT2D eigenvalue weighted by Crippen LogP contribution is 2.35. The number of benzene rings is 2. The molecule has 0 atom stereocenters. The van der Waals surface area contributed by atoms with E-state index in [0.29, 0.717) is 17.7 Å². The van der Waals surface area contributed by atoms with Crippen molar-refractivity contribution in [3.05, 3.63) is 82.1 Å². The van der Waals surface area contributed by atoms with E-state index in [1.165, 1.54) is 36.8 Å². The number of fused-ring (bicyclic) bond motifs is 1. The van der Waals surface area contributed by atoms with Crippen LogP contribution in [0.4, 0.5) is 5.69 Å². The number of unbranched alkanes of at least 4 members (excludes halogenated alkanes) is 6. The van der Waals surface area contributed by atoms with Crippen LogP contribution in [0.1, 0.15) is 67.3 Å². The molecule has 0 spiro atoms. The Morgan fingerprint density at radius 1 is 1.06 bits per heavy atom. The van der Waals surface area contributed by atoms with Crippen molar-refractivity contribution in [1.29, 1.82) is 0 Å². The highest BCUT2D eigenvalue weighted by atomic mass is 16.6. The smallest absolute Gasteiger partial charge is 0.311 e. The first-order chi connectivity index (χ1) is 16.0. The molecule has 2 aromatic carbocycles. The molecule has 0 aromatic heterocycles. The summed E-state index contributed by atoms with van der Waals surface area (Å²) in [4.78, 5) is 35.3. The van der Waals surface area contributed by atoms with E-state index in [0.717, 1.165) is 38.5 Å². The number of nitro groups is 1. The fourth-order valence-corrected chi connectivity index (χ4v) is 3.56. The van der Waals surface area contributed by atoms with Crippen LogP contribution in [0.5, 0.6) is 11.5 Å². The summed E-state index contributed by atoms with van der Waals surface area (Å²) in [6.45, 7) is 3.71. The molecule has 7 heteroatoms. The molecule has 2 aromatic rings. The SMILES string of the molecule is C=CCCCCCCCCC(=O)Oc1ccc2c(c1)C(=O)/C(=C/c1cccc([N+](=O)[O-])c1)O2. The van der Waals surface area contributed by atoms with Gasteiger partial charge in [0.05, 0.1) is 10.5 Å². The maximum Gasteiger partial charge on any atom is 0.311 e. The van der Waals surface area contributed by atoms with Crippen LogP contribution in [-0.2, 0) is 4.79 Å². The zero-order valence-corrected chi connectivity index (χ0v) is 18.5. The molecule has 0 N–H and O–H groups in total. The number of nitro benzene ring substituents is 1. The lowest BCUT2D eigenvalue weighted by Gasteiger charge is -2.05. The standard InChI is InChI=1S/C26H27NO6/c1-2-3-4-5-6-7-8-9-13-25(28)32-21-14-15-23-22(18-21)26(29)24(33-23)17-19-11-10-12-20(16-19)27(30)31/h2,10-12,14-18H,1,3-9,13H2/b24-17-. The predicted molar refractivity (Wildman–Crippen MR) is 125 cm³/mol. The predicted octanol–water partition coefficient (Wildman–Crippen LogP) is 6.42. The summed E-state index contributed by atoms with van der Waals surface area (Å²) in [6.07, 6.45) is 11.1. The van der Waals surface area contributed by atoms with E-state index in [9.17, 15) is 19.7 Å². The summed E-state index contributed by atoms with van der Waals surface area (Å²) in [5.41, 5.74) is 0.693. The van der Waals surface area contributed by atoms with Crippen LogP contribution in [0.25, 0.3) is 6.08 Å². The van der Waals surface area contributed by atoms with Crippen molar-refractivity contribution in [2.75, 3.05) is 0 Å². The minimum Gasteiger partial charge on any atom is -0.452 e. The summed E-state index contributed by atoms with van der Waals surface area (Å²) in [5.74, 6) is -0.00193. The average Bonchev–Trinajstić information content (AvgIpc) is 3.10. The molecule has 172 valence electrons. The van der Waals surface area contributed by atoms with Gasteiger partial charge in [0.1, 0.15) is 11.5 Å². The van der Waals surface area contributed by atoms with Gasteiger partial charge in [0.25, 0.3) is 5.69 Å². The van der Waals surface area contributed by atoms with Gasteiger partial charge in [-0.3, -0.25) is 19.7 Å². The lowest BCUT2D eigenvalue weighted by atomic mass is 10.1. The van der Waals surface area contributed by atoms with Crippen molar-refractivity contribution in [2.24, 2.45) is 0 Å². The van der Waals surface area contributed by atoms with E-state index in [1.807, 2.05) is 6.08 Å². The Morgan fingerprint density at radius 3 is 2.58 bits per heavy atom. The van der Waals surface area contributed by atoms with Crippen LogP contribution in [0.3, 0.4) is 0 Å². The van der Waals surface area contributed by atoms with Crippen LogP contribution >= 0.6 is 0 Å². The van der Waals surface area contributed by atoms with Gasteiger partial charge in [0, 0.05) is 18.6 Å². The number of allylic oxidation sites excluding steroid dienone is 2. The fraction of sp³-hybridized carbons (Fsp3) is 0.308. The molecule has 1 aliphatic heterocycles. The second kappa shape index (κ2) is 11.8. The lowest BCUT2D eigenvalue weighted by Crippen LogP contribution is -2.08. The minimum atomic E-state index is -0.501. The van der Waals surface area contributed by atoms with E-state index in [-0.39, 0.29) is 34.5 Å². The highest BCUT2D eigenvalue weighted by molar-refractivity contribution is 6.14. The summed E-state index contributed by atoms with van der Waals surface area (Å²) in [5, 5.41) is 10.9. The number of esters is 1. The largest absolute Gasteiger partial charge is 0.452 e. The molecule has 1 heterocycles. The maximum absolute atomic E-state index is 12.7. The number of nitrogens with zero attached hydrogens (tertiary/aromatic N) is 1. The fourth-order valence-electron chi connectivity index (χ4n) is 3.56. The second-order valence-corrected chi connectivity index (χ2v) is 7.87. The van der Waals surface area contributed by atoms with Crippen molar-refractivity contribution in [2.45, 2.75) is 51.4 Å².